The van der Waals surface area contributed by atoms with Crippen molar-refractivity contribution in [3.05, 3.63) is 68.7 Å². The molecule has 100 valence electrons. The molecule has 0 aliphatic rings. The minimum Gasteiger partial charge on any atom is -0.324 e. The smallest absolute Gasteiger partial charge is 0.142 e. The zero-order valence-electron chi connectivity index (χ0n) is 9.84. The third-order valence-corrected chi connectivity index (χ3v) is 3.79. The first-order valence-electron chi connectivity index (χ1n) is 5.62. The van der Waals surface area contributed by atoms with E-state index in [-0.39, 0.29) is 16.9 Å². The summed E-state index contributed by atoms with van der Waals surface area (Å²) in [5, 5.41) is 0.0836. The molecule has 0 saturated carbocycles. The summed E-state index contributed by atoms with van der Waals surface area (Å²) in [7, 11) is 0. The minimum atomic E-state index is -0.468. The standard InChI is InChI=1S/C14H11BrClF2N/c15-11-7-9(17)2-3-10(11)14(19)6-8-1-4-12(16)13(18)5-8/h1-5,7,14H,6,19H2. The zero-order valence-corrected chi connectivity index (χ0v) is 12.2. The van der Waals surface area contributed by atoms with E-state index in [0.717, 1.165) is 11.1 Å². The summed E-state index contributed by atoms with van der Waals surface area (Å²) in [5.41, 5.74) is 7.57. The van der Waals surface area contributed by atoms with Gasteiger partial charge in [0.2, 0.25) is 0 Å². The van der Waals surface area contributed by atoms with Crippen LogP contribution in [0.15, 0.2) is 40.9 Å². The molecule has 0 fully saturated rings. The van der Waals surface area contributed by atoms with Crippen molar-refractivity contribution in [3.8, 4) is 0 Å². The lowest BCUT2D eigenvalue weighted by atomic mass is 9.99. The van der Waals surface area contributed by atoms with Crippen molar-refractivity contribution in [1.29, 1.82) is 0 Å². The fraction of sp³-hybridized carbons (Fsp3) is 0.143. The summed E-state index contributed by atoms with van der Waals surface area (Å²) in [4.78, 5) is 0. The lowest BCUT2D eigenvalue weighted by Crippen LogP contribution is -2.14. The molecular formula is C14H11BrClF2N. The fourth-order valence-corrected chi connectivity index (χ4v) is 2.60. The van der Waals surface area contributed by atoms with Gasteiger partial charge in [0.25, 0.3) is 0 Å². The topological polar surface area (TPSA) is 26.0 Å². The molecule has 1 atom stereocenters. The van der Waals surface area contributed by atoms with Gasteiger partial charge in [-0.3, -0.25) is 0 Å². The highest BCUT2D eigenvalue weighted by Crippen LogP contribution is 2.26. The molecule has 2 aromatic rings. The molecule has 0 aromatic heterocycles. The Hall–Kier alpha value is -0.970. The van der Waals surface area contributed by atoms with Crippen LogP contribution in [0.25, 0.3) is 0 Å². The Bertz CT molecular complexity index is 604. The van der Waals surface area contributed by atoms with Crippen LogP contribution in [0.1, 0.15) is 17.2 Å². The van der Waals surface area contributed by atoms with Gasteiger partial charge in [0.05, 0.1) is 5.02 Å². The second-order valence-corrected chi connectivity index (χ2v) is 5.49. The lowest BCUT2D eigenvalue weighted by molar-refractivity contribution is 0.619. The summed E-state index contributed by atoms with van der Waals surface area (Å²) >= 11 is 8.89. The Balaban J connectivity index is 2.20. The van der Waals surface area contributed by atoms with Crippen LogP contribution in [-0.2, 0) is 6.42 Å². The molecule has 0 aliphatic heterocycles. The van der Waals surface area contributed by atoms with Gasteiger partial charge in [-0.2, -0.15) is 0 Å². The Kier molecular flexibility index (Phi) is 4.55. The van der Waals surface area contributed by atoms with Gasteiger partial charge in [0.15, 0.2) is 0 Å². The van der Waals surface area contributed by atoms with E-state index in [1.165, 1.54) is 24.3 Å². The maximum Gasteiger partial charge on any atom is 0.142 e. The zero-order chi connectivity index (χ0) is 14.0. The largest absolute Gasteiger partial charge is 0.324 e. The summed E-state index contributed by atoms with van der Waals surface area (Å²) in [6.45, 7) is 0. The molecule has 0 saturated heterocycles. The van der Waals surface area contributed by atoms with Crippen molar-refractivity contribution in [3.63, 3.8) is 0 Å². The summed E-state index contributed by atoms with van der Waals surface area (Å²) < 4.78 is 26.9. The Morgan fingerprint density at radius 3 is 2.53 bits per heavy atom. The first-order valence-corrected chi connectivity index (χ1v) is 6.79. The van der Waals surface area contributed by atoms with Gasteiger partial charge in [-0.1, -0.05) is 39.7 Å². The van der Waals surface area contributed by atoms with E-state index in [9.17, 15) is 8.78 Å². The van der Waals surface area contributed by atoms with Gasteiger partial charge < -0.3 is 5.73 Å². The van der Waals surface area contributed by atoms with Crippen molar-refractivity contribution in [2.75, 3.05) is 0 Å². The molecule has 0 bridgehead atoms. The maximum atomic E-state index is 13.3. The number of rotatable bonds is 3. The molecule has 0 amide bonds. The molecule has 1 unspecified atom stereocenters. The van der Waals surface area contributed by atoms with Crippen LogP contribution in [0.5, 0.6) is 0 Å². The van der Waals surface area contributed by atoms with E-state index in [0.29, 0.717) is 10.9 Å². The number of hydrogen-bond acceptors (Lipinski definition) is 1. The van der Waals surface area contributed by atoms with E-state index in [2.05, 4.69) is 15.9 Å². The first-order chi connectivity index (χ1) is 8.97. The Labute approximate surface area is 123 Å². The molecule has 0 aliphatic carbocycles. The molecule has 0 heterocycles. The van der Waals surface area contributed by atoms with Crippen LogP contribution in [0.3, 0.4) is 0 Å². The van der Waals surface area contributed by atoms with Crippen LogP contribution in [0.2, 0.25) is 5.02 Å². The molecule has 2 aromatic carbocycles. The first kappa shape index (κ1) is 14.4. The van der Waals surface area contributed by atoms with Crippen molar-refractivity contribution in [1.82, 2.24) is 0 Å². The van der Waals surface area contributed by atoms with Gasteiger partial charge in [0.1, 0.15) is 11.6 Å². The quantitative estimate of drug-likeness (QED) is 0.862. The molecule has 5 heteroatoms. The van der Waals surface area contributed by atoms with Gasteiger partial charge >= 0.3 is 0 Å². The third-order valence-electron chi connectivity index (χ3n) is 2.80. The average Bonchev–Trinajstić information content (AvgIpc) is 2.33. The average molecular weight is 347 g/mol. The van der Waals surface area contributed by atoms with Crippen LogP contribution in [0, 0.1) is 11.6 Å². The van der Waals surface area contributed by atoms with Crippen molar-refractivity contribution < 1.29 is 8.78 Å². The van der Waals surface area contributed by atoms with Crippen LogP contribution >= 0.6 is 27.5 Å². The summed E-state index contributed by atoms with van der Waals surface area (Å²) in [5.74, 6) is -0.801. The number of benzene rings is 2. The van der Waals surface area contributed by atoms with Crippen molar-refractivity contribution in [2.24, 2.45) is 5.73 Å². The Morgan fingerprint density at radius 1 is 1.16 bits per heavy atom. The third kappa shape index (κ3) is 3.53. The molecule has 2 rings (SSSR count). The van der Waals surface area contributed by atoms with E-state index in [1.54, 1.807) is 12.1 Å². The van der Waals surface area contributed by atoms with E-state index in [4.69, 9.17) is 17.3 Å². The van der Waals surface area contributed by atoms with Gasteiger partial charge in [-0.05, 0) is 41.8 Å². The minimum absolute atomic E-state index is 0.0836. The van der Waals surface area contributed by atoms with Crippen LogP contribution < -0.4 is 5.73 Å². The highest BCUT2D eigenvalue weighted by atomic mass is 79.9. The number of halogens is 4. The van der Waals surface area contributed by atoms with Gasteiger partial charge in [-0.15, -0.1) is 0 Å². The SMILES string of the molecule is NC(Cc1ccc(Cl)c(F)c1)c1ccc(F)cc1Br. The highest BCUT2D eigenvalue weighted by molar-refractivity contribution is 9.10. The van der Waals surface area contributed by atoms with Crippen molar-refractivity contribution in [2.45, 2.75) is 12.5 Å². The molecule has 0 radical (unpaired) electrons. The van der Waals surface area contributed by atoms with Crippen LogP contribution in [-0.4, -0.2) is 0 Å². The second-order valence-electron chi connectivity index (χ2n) is 4.22. The second kappa shape index (κ2) is 5.99. The number of nitrogens with two attached hydrogens (primary N) is 1. The maximum absolute atomic E-state index is 13.3. The van der Waals surface area contributed by atoms with Crippen molar-refractivity contribution >= 4 is 27.5 Å². The molecule has 0 spiro atoms. The highest BCUT2D eigenvalue weighted by Gasteiger charge is 2.12. The van der Waals surface area contributed by atoms with Crippen LogP contribution in [0.4, 0.5) is 8.78 Å². The summed E-state index contributed by atoms with van der Waals surface area (Å²) in [6, 6.07) is 8.56. The fourth-order valence-electron chi connectivity index (χ4n) is 1.83. The van der Waals surface area contributed by atoms with Gasteiger partial charge in [0, 0.05) is 10.5 Å². The van der Waals surface area contributed by atoms with E-state index >= 15 is 0 Å². The monoisotopic (exact) mass is 345 g/mol. The predicted octanol–water partition coefficient (Wildman–Crippen LogP) is 4.62. The Morgan fingerprint density at radius 2 is 1.89 bits per heavy atom. The molecule has 2 N–H and O–H groups in total. The molecule has 1 nitrogen and oxygen atoms in total. The van der Waals surface area contributed by atoms with E-state index < -0.39 is 5.82 Å². The predicted molar refractivity (Wildman–Crippen MR) is 76.1 cm³/mol. The normalized spacial score (nSPS) is 12.5. The van der Waals surface area contributed by atoms with Gasteiger partial charge in [-0.25, -0.2) is 8.78 Å². The molecule has 19 heavy (non-hydrogen) atoms. The lowest BCUT2D eigenvalue weighted by Gasteiger charge is -2.14. The van der Waals surface area contributed by atoms with E-state index in [1.807, 2.05) is 0 Å². The summed E-state index contributed by atoms with van der Waals surface area (Å²) in [6.07, 6.45) is 0.443. The molecular weight excluding hydrogens is 336 g/mol. The number of hydrogen-bond donors (Lipinski definition) is 1.